The summed E-state index contributed by atoms with van der Waals surface area (Å²) >= 11 is 4.79. The van der Waals surface area contributed by atoms with E-state index in [1.54, 1.807) is 0 Å². The van der Waals surface area contributed by atoms with E-state index < -0.39 is 0 Å². The van der Waals surface area contributed by atoms with Crippen LogP contribution in [0.2, 0.25) is 10.6 Å². The Kier molecular flexibility index (Phi) is 6.26. The Bertz CT molecular complexity index is 153. The number of hydrogen-bond donors (Lipinski definition) is 0. The summed E-state index contributed by atoms with van der Waals surface area (Å²) in [7, 11) is 0. The molecule has 0 radical (unpaired) electrons. The van der Waals surface area contributed by atoms with E-state index in [2.05, 4.69) is 0 Å². The van der Waals surface area contributed by atoms with Gasteiger partial charge in [-0.3, -0.25) is 0 Å². The third-order valence-electron chi connectivity index (χ3n) is 2.38. The van der Waals surface area contributed by atoms with E-state index >= 15 is 0 Å². The first-order valence-electron chi connectivity index (χ1n) is 5.41. The van der Waals surface area contributed by atoms with Crippen LogP contribution in [0.15, 0.2) is 0 Å². The van der Waals surface area contributed by atoms with Crippen molar-refractivity contribution in [3.05, 3.63) is 0 Å². The van der Waals surface area contributed by atoms with Crippen molar-refractivity contribution in [1.29, 1.82) is 0 Å². The molecule has 2 aliphatic rings. The van der Waals surface area contributed by atoms with Crippen LogP contribution in [0.1, 0.15) is 0 Å². The van der Waals surface area contributed by atoms with Gasteiger partial charge in [0, 0.05) is 0 Å². The van der Waals surface area contributed by atoms with Gasteiger partial charge in [-0.05, 0) is 0 Å². The zero-order chi connectivity index (χ0) is 10.3. The molecule has 0 aromatic carbocycles. The second-order valence-corrected chi connectivity index (χ2v) is 8.23. The first-order valence-corrected chi connectivity index (χ1v) is 10.1. The molecule has 15 heavy (non-hydrogen) atoms. The zero-order valence-corrected chi connectivity index (χ0v) is 12.2. The topological polar surface area (TPSA) is 18.5 Å². The molecule has 2 atom stereocenters. The molecule has 2 nitrogen and oxygen atoms in total. The molecule has 0 spiro atoms. The molecule has 5 heteroatoms. The van der Waals surface area contributed by atoms with Crippen LogP contribution in [0.25, 0.3) is 0 Å². The number of hydrogen-bond acceptors (Lipinski definition) is 4. The SMILES string of the molecule is C1CSCC(C[Se]CC2CSCCO2)O1. The maximum absolute atomic E-state index is 5.72. The van der Waals surface area contributed by atoms with Crippen LogP contribution in [0.3, 0.4) is 0 Å². The van der Waals surface area contributed by atoms with Crippen LogP contribution < -0.4 is 0 Å². The van der Waals surface area contributed by atoms with Crippen LogP contribution in [0, 0.1) is 0 Å². The Labute approximate surface area is 107 Å². The van der Waals surface area contributed by atoms with Crippen molar-refractivity contribution in [3.8, 4) is 0 Å². The number of rotatable bonds is 4. The van der Waals surface area contributed by atoms with Gasteiger partial charge in [0.25, 0.3) is 0 Å². The Morgan fingerprint density at radius 1 is 0.933 bits per heavy atom. The van der Waals surface area contributed by atoms with Gasteiger partial charge in [0.2, 0.25) is 0 Å². The summed E-state index contributed by atoms with van der Waals surface area (Å²) in [5.74, 6) is 4.79. The van der Waals surface area contributed by atoms with E-state index in [9.17, 15) is 0 Å². The van der Waals surface area contributed by atoms with Crippen molar-refractivity contribution < 1.29 is 9.47 Å². The van der Waals surface area contributed by atoms with E-state index in [-0.39, 0.29) is 0 Å². The fourth-order valence-corrected chi connectivity index (χ4v) is 6.27. The standard InChI is InChI=1S/C10H18O2S2Se/c1-3-13-5-9(11-1)7-15-8-10-6-14-4-2-12-10/h9-10H,1-8H2. The van der Waals surface area contributed by atoms with Crippen molar-refractivity contribution in [2.24, 2.45) is 0 Å². The van der Waals surface area contributed by atoms with Crippen molar-refractivity contribution in [3.63, 3.8) is 0 Å². The van der Waals surface area contributed by atoms with Crippen LogP contribution in [0.5, 0.6) is 0 Å². The van der Waals surface area contributed by atoms with E-state index in [4.69, 9.17) is 9.47 Å². The molecule has 2 fully saturated rings. The molecular formula is C10H18O2S2Se. The van der Waals surface area contributed by atoms with Gasteiger partial charge in [-0.15, -0.1) is 0 Å². The van der Waals surface area contributed by atoms with E-state index in [1.165, 1.54) is 33.6 Å². The minimum absolute atomic E-state index is 0.542. The van der Waals surface area contributed by atoms with Crippen LogP contribution in [-0.4, -0.2) is 63.4 Å². The summed E-state index contributed by atoms with van der Waals surface area (Å²) in [6, 6.07) is 0. The van der Waals surface area contributed by atoms with Gasteiger partial charge in [0.1, 0.15) is 0 Å². The molecule has 0 aliphatic carbocycles. The first kappa shape index (κ1) is 12.6. The quantitative estimate of drug-likeness (QED) is 0.736. The van der Waals surface area contributed by atoms with Crippen molar-refractivity contribution >= 4 is 38.5 Å². The molecule has 2 saturated heterocycles. The number of ether oxygens (including phenoxy) is 2. The molecular weight excluding hydrogens is 295 g/mol. The monoisotopic (exact) mass is 314 g/mol. The van der Waals surface area contributed by atoms with Gasteiger partial charge < -0.3 is 0 Å². The molecule has 0 aromatic heterocycles. The fourth-order valence-electron chi connectivity index (χ4n) is 1.60. The summed E-state index contributed by atoms with van der Waals surface area (Å²) in [6.45, 7) is 1.92. The van der Waals surface area contributed by atoms with Crippen LogP contribution in [-0.2, 0) is 9.47 Å². The predicted molar refractivity (Wildman–Crippen MR) is 69.5 cm³/mol. The molecule has 0 amide bonds. The van der Waals surface area contributed by atoms with Crippen molar-refractivity contribution in [1.82, 2.24) is 0 Å². The summed E-state index contributed by atoms with van der Waals surface area (Å²) in [4.78, 5) is 0. The van der Waals surface area contributed by atoms with Crippen molar-refractivity contribution in [2.75, 3.05) is 36.2 Å². The Hall–Kier alpha value is 1.14. The maximum atomic E-state index is 5.72. The molecule has 0 aromatic rings. The average molecular weight is 313 g/mol. The normalized spacial score (nSPS) is 32.8. The molecule has 0 N–H and O–H groups in total. The van der Waals surface area contributed by atoms with Gasteiger partial charge >= 0.3 is 107 Å². The van der Waals surface area contributed by atoms with E-state index in [0.29, 0.717) is 27.2 Å². The molecule has 0 saturated carbocycles. The summed E-state index contributed by atoms with van der Waals surface area (Å²) in [6.07, 6.45) is 1.08. The Morgan fingerprint density at radius 3 is 1.87 bits per heavy atom. The second-order valence-electron chi connectivity index (χ2n) is 3.67. The minimum atomic E-state index is 0.542. The van der Waals surface area contributed by atoms with Gasteiger partial charge in [-0.1, -0.05) is 0 Å². The third kappa shape index (κ3) is 4.88. The van der Waals surface area contributed by atoms with Crippen LogP contribution in [0.4, 0.5) is 0 Å². The van der Waals surface area contributed by atoms with Gasteiger partial charge in [-0.2, -0.15) is 0 Å². The molecule has 2 aliphatic heterocycles. The Balaban J connectivity index is 1.53. The van der Waals surface area contributed by atoms with Gasteiger partial charge in [-0.25, -0.2) is 0 Å². The molecule has 2 rings (SSSR count). The third-order valence-corrected chi connectivity index (χ3v) is 7.05. The van der Waals surface area contributed by atoms with E-state index in [1.807, 2.05) is 23.5 Å². The zero-order valence-electron chi connectivity index (χ0n) is 8.85. The predicted octanol–water partition coefficient (Wildman–Crippen LogP) is 1.79. The summed E-state index contributed by atoms with van der Waals surface area (Å²) in [5.41, 5.74) is 0. The summed E-state index contributed by atoms with van der Waals surface area (Å²) in [5, 5.41) is 2.56. The molecule has 88 valence electrons. The molecule has 2 unspecified atom stereocenters. The van der Waals surface area contributed by atoms with Crippen LogP contribution >= 0.6 is 23.5 Å². The second kappa shape index (κ2) is 7.46. The van der Waals surface area contributed by atoms with Gasteiger partial charge in [0.05, 0.1) is 0 Å². The number of thioether (sulfide) groups is 2. The first-order chi connectivity index (χ1) is 7.45. The summed E-state index contributed by atoms with van der Waals surface area (Å²) < 4.78 is 11.4. The molecule has 0 bridgehead atoms. The van der Waals surface area contributed by atoms with E-state index in [0.717, 1.165) is 13.2 Å². The van der Waals surface area contributed by atoms with Crippen molar-refractivity contribution in [2.45, 2.75) is 22.8 Å². The van der Waals surface area contributed by atoms with Gasteiger partial charge in [0.15, 0.2) is 0 Å². The Morgan fingerprint density at radius 2 is 1.47 bits per heavy atom. The average Bonchev–Trinajstić information content (AvgIpc) is 2.32. The molecule has 2 heterocycles. The fraction of sp³-hybridized carbons (Fsp3) is 1.00.